The number of nitrogens with zero attached hydrogens (tertiary/aromatic N) is 3. The van der Waals surface area contributed by atoms with Gasteiger partial charge in [0, 0.05) is 11.8 Å². The quantitative estimate of drug-likeness (QED) is 0.770. The molecule has 2 aromatic heterocycles. The van der Waals surface area contributed by atoms with Crippen molar-refractivity contribution in [3.05, 3.63) is 27.8 Å². The number of aryl methyl sites for hydroxylation is 2. The van der Waals surface area contributed by atoms with Gasteiger partial charge >= 0.3 is 0 Å². The third kappa shape index (κ3) is 5.21. The molecule has 0 amide bonds. The van der Waals surface area contributed by atoms with E-state index in [0.717, 1.165) is 48.2 Å². The van der Waals surface area contributed by atoms with Crippen LogP contribution in [0.15, 0.2) is 9.90 Å². The third-order valence-corrected chi connectivity index (χ3v) is 4.38. The van der Waals surface area contributed by atoms with Crippen LogP contribution in [0, 0.1) is 12.8 Å². The predicted octanol–water partition coefficient (Wildman–Crippen LogP) is 3.12. The zero-order chi connectivity index (χ0) is 15.1. The summed E-state index contributed by atoms with van der Waals surface area (Å²) in [7, 11) is 0. The molecule has 0 aliphatic heterocycles. The summed E-state index contributed by atoms with van der Waals surface area (Å²) in [6.07, 6.45) is 6.05. The first-order valence-electron chi connectivity index (χ1n) is 7.63. The molecule has 1 unspecified atom stereocenters. The highest BCUT2D eigenvalue weighted by molar-refractivity contribution is 7.09. The van der Waals surface area contributed by atoms with Crippen LogP contribution in [-0.2, 0) is 12.8 Å². The van der Waals surface area contributed by atoms with E-state index in [0.29, 0.717) is 12.3 Å². The van der Waals surface area contributed by atoms with E-state index in [1.165, 1.54) is 12.8 Å². The Kier molecular flexibility index (Phi) is 6.32. The Morgan fingerprint density at radius 1 is 1.29 bits per heavy atom. The maximum atomic E-state index is 5.66. The number of nitrogens with two attached hydrogens (primary N) is 1. The van der Waals surface area contributed by atoms with E-state index < -0.39 is 0 Å². The average Bonchev–Trinajstić information content (AvgIpc) is 3.06. The van der Waals surface area contributed by atoms with E-state index in [1.54, 1.807) is 11.3 Å². The molecule has 1 atom stereocenters. The first-order chi connectivity index (χ1) is 10.2. The second-order valence-electron chi connectivity index (χ2n) is 5.41. The summed E-state index contributed by atoms with van der Waals surface area (Å²) in [5.41, 5.74) is 6.67. The highest BCUT2D eigenvalue weighted by Crippen LogP contribution is 2.18. The van der Waals surface area contributed by atoms with E-state index in [9.17, 15) is 0 Å². The largest absolute Gasteiger partial charge is 0.339 e. The van der Waals surface area contributed by atoms with Crippen LogP contribution in [-0.4, -0.2) is 21.7 Å². The minimum atomic E-state index is 0.648. The average molecular weight is 308 g/mol. The fourth-order valence-corrected chi connectivity index (χ4v) is 3.13. The fourth-order valence-electron chi connectivity index (χ4n) is 2.52. The van der Waals surface area contributed by atoms with Gasteiger partial charge in [-0.1, -0.05) is 24.9 Å². The highest BCUT2D eigenvalue weighted by Gasteiger charge is 2.12. The Morgan fingerprint density at radius 3 is 2.81 bits per heavy atom. The summed E-state index contributed by atoms with van der Waals surface area (Å²) in [6, 6.07) is 0. The van der Waals surface area contributed by atoms with Gasteiger partial charge in [-0.15, -0.1) is 11.3 Å². The Balaban J connectivity index is 1.84. The first kappa shape index (κ1) is 16.1. The molecule has 0 aliphatic rings. The van der Waals surface area contributed by atoms with Gasteiger partial charge in [-0.3, -0.25) is 0 Å². The van der Waals surface area contributed by atoms with Gasteiger partial charge in [-0.05, 0) is 32.2 Å². The summed E-state index contributed by atoms with van der Waals surface area (Å²) in [5, 5.41) is 7.16. The van der Waals surface area contributed by atoms with Gasteiger partial charge in [0.15, 0.2) is 5.82 Å². The van der Waals surface area contributed by atoms with Crippen molar-refractivity contribution < 1.29 is 4.52 Å². The maximum Gasteiger partial charge on any atom is 0.226 e. The van der Waals surface area contributed by atoms with Gasteiger partial charge in [0.05, 0.1) is 17.1 Å². The lowest BCUT2D eigenvalue weighted by molar-refractivity contribution is 0.347. The number of hydrogen-bond acceptors (Lipinski definition) is 6. The molecule has 2 aromatic rings. The lowest BCUT2D eigenvalue weighted by Crippen LogP contribution is -2.09. The molecule has 0 spiro atoms. The topological polar surface area (TPSA) is 77.8 Å². The molecule has 0 aromatic carbocycles. The van der Waals surface area contributed by atoms with Gasteiger partial charge in [0.2, 0.25) is 5.89 Å². The number of aromatic nitrogens is 3. The minimum absolute atomic E-state index is 0.648. The van der Waals surface area contributed by atoms with Gasteiger partial charge in [0.1, 0.15) is 0 Å². The lowest BCUT2D eigenvalue weighted by Gasteiger charge is -2.13. The van der Waals surface area contributed by atoms with E-state index >= 15 is 0 Å². The summed E-state index contributed by atoms with van der Waals surface area (Å²) < 4.78 is 5.33. The maximum absolute atomic E-state index is 5.66. The zero-order valence-corrected chi connectivity index (χ0v) is 13.7. The van der Waals surface area contributed by atoms with Crippen LogP contribution in [0.3, 0.4) is 0 Å². The summed E-state index contributed by atoms with van der Waals surface area (Å²) in [6.45, 7) is 4.97. The number of hydrogen-bond donors (Lipinski definition) is 1. The second-order valence-corrected chi connectivity index (χ2v) is 6.47. The van der Waals surface area contributed by atoms with Crippen LogP contribution < -0.4 is 5.73 Å². The molecular weight excluding hydrogens is 284 g/mol. The molecule has 5 nitrogen and oxygen atoms in total. The van der Waals surface area contributed by atoms with Crippen molar-refractivity contribution in [3.8, 4) is 0 Å². The van der Waals surface area contributed by atoms with Gasteiger partial charge in [0.25, 0.3) is 0 Å². The highest BCUT2D eigenvalue weighted by atomic mass is 32.1. The number of rotatable bonds is 9. The van der Waals surface area contributed by atoms with Crippen LogP contribution >= 0.6 is 11.3 Å². The number of thiazole rings is 1. The van der Waals surface area contributed by atoms with Gasteiger partial charge in [-0.2, -0.15) is 4.98 Å². The predicted molar refractivity (Wildman–Crippen MR) is 84.3 cm³/mol. The van der Waals surface area contributed by atoms with E-state index in [1.807, 2.05) is 12.3 Å². The molecule has 0 saturated carbocycles. The molecule has 2 N–H and O–H groups in total. The molecule has 116 valence electrons. The van der Waals surface area contributed by atoms with Gasteiger partial charge < -0.3 is 10.3 Å². The van der Waals surface area contributed by atoms with Crippen molar-refractivity contribution >= 4 is 11.3 Å². The van der Waals surface area contributed by atoms with Crippen LogP contribution in [0.4, 0.5) is 0 Å². The van der Waals surface area contributed by atoms with Crippen molar-refractivity contribution in [2.45, 2.75) is 52.4 Å². The van der Waals surface area contributed by atoms with Crippen molar-refractivity contribution in [3.63, 3.8) is 0 Å². The molecular formula is C15H24N4OS. The molecule has 2 heterocycles. The van der Waals surface area contributed by atoms with Crippen LogP contribution in [0.1, 0.15) is 55.0 Å². The van der Waals surface area contributed by atoms with E-state index in [4.69, 9.17) is 10.3 Å². The molecule has 0 fully saturated rings. The third-order valence-electron chi connectivity index (χ3n) is 3.55. The standard InChI is InChI=1S/C15H24N4OS/c1-3-4-12(7-8-16)5-6-15-18-14(19-20-15)9-13-10-21-11(2)17-13/h10,12H,3-9,16H2,1-2H3. The van der Waals surface area contributed by atoms with Crippen molar-refractivity contribution in [2.24, 2.45) is 11.7 Å². The van der Waals surface area contributed by atoms with Crippen LogP contribution in [0.25, 0.3) is 0 Å². The summed E-state index contributed by atoms with van der Waals surface area (Å²) in [4.78, 5) is 8.88. The Morgan fingerprint density at radius 2 is 2.14 bits per heavy atom. The Hall–Kier alpha value is -1.27. The summed E-state index contributed by atoms with van der Waals surface area (Å²) in [5.74, 6) is 2.12. The minimum Gasteiger partial charge on any atom is -0.339 e. The molecule has 21 heavy (non-hydrogen) atoms. The SMILES string of the molecule is CCCC(CCN)CCc1nc(Cc2csc(C)n2)no1. The summed E-state index contributed by atoms with van der Waals surface area (Å²) >= 11 is 1.65. The van der Waals surface area contributed by atoms with Crippen LogP contribution in [0.5, 0.6) is 0 Å². The van der Waals surface area contributed by atoms with Crippen LogP contribution in [0.2, 0.25) is 0 Å². The van der Waals surface area contributed by atoms with Crippen molar-refractivity contribution in [1.29, 1.82) is 0 Å². The van der Waals surface area contributed by atoms with Crippen molar-refractivity contribution in [1.82, 2.24) is 15.1 Å². The second kappa shape index (κ2) is 8.24. The van der Waals surface area contributed by atoms with E-state index in [2.05, 4.69) is 22.0 Å². The molecule has 0 bridgehead atoms. The van der Waals surface area contributed by atoms with Crippen molar-refractivity contribution in [2.75, 3.05) is 6.54 Å². The fraction of sp³-hybridized carbons (Fsp3) is 0.667. The van der Waals surface area contributed by atoms with Gasteiger partial charge in [-0.25, -0.2) is 4.98 Å². The molecule has 0 aliphatic carbocycles. The Labute approximate surface area is 130 Å². The molecule has 0 radical (unpaired) electrons. The zero-order valence-electron chi connectivity index (χ0n) is 12.8. The Bertz CT molecular complexity index is 531. The molecule has 2 rings (SSSR count). The molecule has 6 heteroatoms. The lowest BCUT2D eigenvalue weighted by atomic mass is 9.94. The molecule has 0 saturated heterocycles. The van der Waals surface area contributed by atoms with E-state index in [-0.39, 0.29) is 0 Å². The normalized spacial score (nSPS) is 12.7. The monoisotopic (exact) mass is 308 g/mol. The smallest absolute Gasteiger partial charge is 0.226 e. The first-order valence-corrected chi connectivity index (χ1v) is 8.51.